The van der Waals surface area contributed by atoms with Gasteiger partial charge < -0.3 is 10.5 Å². The molecule has 0 aliphatic rings. The van der Waals surface area contributed by atoms with Gasteiger partial charge in [-0.1, -0.05) is 56.5 Å². The molecule has 106 valence electrons. The lowest BCUT2D eigenvalue weighted by atomic mass is 10.1. The number of unbranched alkanes of at least 4 members (excludes halogenated alkanes) is 3. The second-order valence-electron chi connectivity index (χ2n) is 4.86. The molecule has 0 radical (unpaired) electrons. The molecule has 0 amide bonds. The van der Waals surface area contributed by atoms with E-state index >= 15 is 0 Å². The van der Waals surface area contributed by atoms with Crippen LogP contribution < -0.4 is 5.73 Å². The van der Waals surface area contributed by atoms with E-state index in [4.69, 9.17) is 10.5 Å². The number of esters is 1. The van der Waals surface area contributed by atoms with Gasteiger partial charge in [0.05, 0.1) is 6.61 Å². The van der Waals surface area contributed by atoms with E-state index < -0.39 is 6.04 Å². The third-order valence-electron chi connectivity index (χ3n) is 3.13. The summed E-state index contributed by atoms with van der Waals surface area (Å²) >= 11 is 0. The molecule has 0 bridgehead atoms. The van der Waals surface area contributed by atoms with Crippen LogP contribution in [0.25, 0.3) is 0 Å². The predicted octanol–water partition coefficient (Wildman–Crippen LogP) is 3.07. The van der Waals surface area contributed by atoms with Crippen molar-refractivity contribution in [3.8, 4) is 0 Å². The highest BCUT2D eigenvalue weighted by molar-refractivity contribution is 5.75. The molecule has 0 heterocycles. The van der Waals surface area contributed by atoms with Crippen molar-refractivity contribution in [1.29, 1.82) is 0 Å². The molecule has 0 saturated carbocycles. The summed E-state index contributed by atoms with van der Waals surface area (Å²) in [7, 11) is 0. The Kier molecular flexibility index (Phi) is 7.91. The van der Waals surface area contributed by atoms with Crippen LogP contribution in [0.1, 0.15) is 44.6 Å². The van der Waals surface area contributed by atoms with E-state index in [1.54, 1.807) is 0 Å². The normalized spacial score (nSPS) is 12.1. The van der Waals surface area contributed by atoms with Gasteiger partial charge in [-0.3, -0.25) is 4.79 Å². The number of hydrogen-bond donors (Lipinski definition) is 1. The number of carbonyl (C=O) groups excluding carboxylic acids is 1. The first-order valence-corrected chi connectivity index (χ1v) is 7.20. The molecule has 1 atom stereocenters. The van der Waals surface area contributed by atoms with Gasteiger partial charge in [0.1, 0.15) is 6.04 Å². The molecule has 0 spiro atoms. The molecule has 0 aliphatic carbocycles. The third kappa shape index (κ3) is 6.97. The largest absolute Gasteiger partial charge is 0.465 e. The van der Waals surface area contributed by atoms with E-state index in [2.05, 4.69) is 6.92 Å². The molecule has 0 aliphatic heterocycles. The standard InChI is InChI=1S/C16H25NO2/c1-2-3-4-8-13-19-16(18)15(17)12-11-14-9-6-5-7-10-14/h5-7,9-10,15H,2-4,8,11-13,17H2,1H3. The van der Waals surface area contributed by atoms with Crippen LogP contribution in [0.15, 0.2) is 30.3 Å². The van der Waals surface area contributed by atoms with Crippen LogP contribution in [0.4, 0.5) is 0 Å². The Balaban J connectivity index is 2.14. The average Bonchev–Trinajstić information content (AvgIpc) is 2.45. The molecule has 1 rings (SSSR count). The Bertz CT molecular complexity index is 351. The number of nitrogens with two attached hydrogens (primary N) is 1. The highest BCUT2D eigenvalue weighted by Gasteiger charge is 2.14. The Labute approximate surface area is 116 Å². The number of aryl methyl sites for hydroxylation is 1. The highest BCUT2D eigenvalue weighted by atomic mass is 16.5. The van der Waals surface area contributed by atoms with Crippen LogP contribution >= 0.6 is 0 Å². The fourth-order valence-electron chi connectivity index (χ4n) is 1.89. The monoisotopic (exact) mass is 263 g/mol. The van der Waals surface area contributed by atoms with E-state index in [0.29, 0.717) is 13.0 Å². The van der Waals surface area contributed by atoms with Crippen LogP contribution in [0.3, 0.4) is 0 Å². The topological polar surface area (TPSA) is 52.3 Å². The molecule has 1 aromatic rings. The smallest absolute Gasteiger partial charge is 0.322 e. The van der Waals surface area contributed by atoms with E-state index in [9.17, 15) is 4.79 Å². The summed E-state index contributed by atoms with van der Waals surface area (Å²) in [5.74, 6) is -0.271. The number of rotatable bonds is 9. The molecule has 19 heavy (non-hydrogen) atoms. The molecule has 0 fully saturated rings. The lowest BCUT2D eigenvalue weighted by Crippen LogP contribution is -2.33. The third-order valence-corrected chi connectivity index (χ3v) is 3.13. The van der Waals surface area contributed by atoms with Crippen molar-refractivity contribution in [1.82, 2.24) is 0 Å². The first kappa shape index (κ1) is 15.7. The molecular weight excluding hydrogens is 238 g/mol. The van der Waals surface area contributed by atoms with E-state index in [0.717, 1.165) is 19.3 Å². The van der Waals surface area contributed by atoms with Crippen LogP contribution in [0, 0.1) is 0 Å². The maximum atomic E-state index is 11.6. The van der Waals surface area contributed by atoms with Gasteiger partial charge in [-0.2, -0.15) is 0 Å². The van der Waals surface area contributed by atoms with Gasteiger partial charge >= 0.3 is 5.97 Å². The summed E-state index contributed by atoms with van der Waals surface area (Å²) in [5.41, 5.74) is 7.03. The molecule has 2 N–H and O–H groups in total. The summed E-state index contributed by atoms with van der Waals surface area (Å²) in [6, 6.07) is 9.55. The van der Waals surface area contributed by atoms with Crippen LogP contribution in [-0.4, -0.2) is 18.6 Å². The Morgan fingerprint density at radius 2 is 1.95 bits per heavy atom. The van der Waals surface area contributed by atoms with Crippen LogP contribution in [-0.2, 0) is 16.0 Å². The van der Waals surface area contributed by atoms with Gasteiger partial charge in [-0.25, -0.2) is 0 Å². The van der Waals surface area contributed by atoms with Crippen molar-refractivity contribution in [3.63, 3.8) is 0 Å². The fourth-order valence-corrected chi connectivity index (χ4v) is 1.89. The number of hydrogen-bond acceptors (Lipinski definition) is 3. The molecule has 0 aromatic heterocycles. The van der Waals surface area contributed by atoms with E-state index in [1.165, 1.54) is 18.4 Å². The minimum absolute atomic E-state index is 0.271. The van der Waals surface area contributed by atoms with E-state index in [1.807, 2.05) is 30.3 Å². The van der Waals surface area contributed by atoms with Gasteiger partial charge in [0, 0.05) is 0 Å². The van der Waals surface area contributed by atoms with Gasteiger partial charge in [0.25, 0.3) is 0 Å². The number of ether oxygens (including phenoxy) is 1. The van der Waals surface area contributed by atoms with Gasteiger partial charge in [0.15, 0.2) is 0 Å². The lowest BCUT2D eigenvalue weighted by molar-refractivity contribution is -0.145. The molecule has 1 unspecified atom stereocenters. The SMILES string of the molecule is CCCCCCOC(=O)C(N)CCc1ccccc1. The Hall–Kier alpha value is -1.35. The van der Waals surface area contributed by atoms with Crippen molar-refractivity contribution in [3.05, 3.63) is 35.9 Å². The van der Waals surface area contributed by atoms with Crippen molar-refractivity contribution in [2.75, 3.05) is 6.61 Å². The Morgan fingerprint density at radius 1 is 1.21 bits per heavy atom. The molecule has 0 saturated heterocycles. The zero-order valence-corrected chi connectivity index (χ0v) is 11.8. The quantitative estimate of drug-likeness (QED) is 0.550. The highest BCUT2D eigenvalue weighted by Crippen LogP contribution is 2.05. The van der Waals surface area contributed by atoms with Crippen LogP contribution in [0.5, 0.6) is 0 Å². The summed E-state index contributed by atoms with van der Waals surface area (Å²) in [6.45, 7) is 2.66. The van der Waals surface area contributed by atoms with Gasteiger partial charge in [-0.05, 0) is 24.8 Å². The second kappa shape index (κ2) is 9.56. The first-order chi connectivity index (χ1) is 9.24. The summed E-state index contributed by atoms with van der Waals surface area (Å²) < 4.78 is 5.17. The lowest BCUT2D eigenvalue weighted by Gasteiger charge is -2.11. The van der Waals surface area contributed by atoms with Crippen molar-refractivity contribution >= 4 is 5.97 Å². The van der Waals surface area contributed by atoms with Gasteiger partial charge in [-0.15, -0.1) is 0 Å². The molecule has 1 aromatic carbocycles. The average molecular weight is 263 g/mol. The zero-order chi connectivity index (χ0) is 13.9. The summed E-state index contributed by atoms with van der Waals surface area (Å²) in [5, 5.41) is 0. The maximum absolute atomic E-state index is 11.6. The van der Waals surface area contributed by atoms with Crippen molar-refractivity contribution < 1.29 is 9.53 Å². The number of carbonyl (C=O) groups is 1. The minimum atomic E-state index is -0.508. The summed E-state index contributed by atoms with van der Waals surface area (Å²) in [4.78, 5) is 11.6. The molecular formula is C16H25NO2. The predicted molar refractivity (Wildman–Crippen MR) is 77.8 cm³/mol. The minimum Gasteiger partial charge on any atom is -0.465 e. The van der Waals surface area contributed by atoms with Crippen molar-refractivity contribution in [2.24, 2.45) is 5.73 Å². The molecule has 3 nitrogen and oxygen atoms in total. The van der Waals surface area contributed by atoms with Crippen LogP contribution in [0.2, 0.25) is 0 Å². The summed E-state index contributed by atoms with van der Waals surface area (Å²) in [6.07, 6.45) is 5.88. The Morgan fingerprint density at radius 3 is 2.63 bits per heavy atom. The number of benzene rings is 1. The first-order valence-electron chi connectivity index (χ1n) is 7.20. The second-order valence-corrected chi connectivity index (χ2v) is 4.86. The maximum Gasteiger partial charge on any atom is 0.322 e. The van der Waals surface area contributed by atoms with Gasteiger partial charge in [0.2, 0.25) is 0 Å². The van der Waals surface area contributed by atoms with E-state index in [-0.39, 0.29) is 5.97 Å². The fraction of sp³-hybridized carbons (Fsp3) is 0.562. The molecule has 3 heteroatoms. The zero-order valence-electron chi connectivity index (χ0n) is 11.8. The van der Waals surface area contributed by atoms with Crippen molar-refractivity contribution in [2.45, 2.75) is 51.5 Å².